The standard InChI is InChI=1S/C25H28FN3O/c1-18-16-25(12-14-28(18)17-19-7-3-2-4-8-19)23-22(11-6-13-27-23)24(30)29(25)21-10-5-9-20(26)15-21/h2-5,7-10,15,18,27H,6,11-14,16-17H2,1H3. The van der Waals surface area contributed by atoms with Gasteiger partial charge in [0.25, 0.3) is 5.91 Å². The number of amides is 1. The van der Waals surface area contributed by atoms with Gasteiger partial charge in [-0.15, -0.1) is 0 Å². The van der Waals surface area contributed by atoms with Crippen molar-refractivity contribution in [3.63, 3.8) is 0 Å². The maximum atomic E-state index is 14.1. The Kier molecular flexibility index (Phi) is 4.86. The molecule has 3 aliphatic rings. The highest BCUT2D eigenvalue weighted by Crippen LogP contribution is 2.48. The van der Waals surface area contributed by atoms with Gasteiger partial charge in [-0.2, -0.15) is 0 Å². The SMILES string of the molecule is CC1CC2(CCN1Cc1ccccc1)C1=C(CCCN1)C(=O)N2c1cccc(F)c1. The second kappa shape index (κ2) is 7.55. The van der Waals surface area contributed by atoms with Crippen LogP contribution in [0.2, 0.25) is 0 Å². The Balaban J connectivity index is 1.49. The van der Waals surface area contributed by atoms with Crippen LogP contribution < -0.4 is 10.2 Å². The first-order valence-electron chi connectivity index (χ1n) is 10.9. The zero-order valence-electron chi connectivity index (χ0n) is 17.4. The third-order valence-electron chi connectivity index (χ3n) is 6.93. The van der Waals surface area contributed by atoms with Crippen molar-refractivity contribution in [2.24, 2.45) is 0 Å². The van der Waals surface area contributed by atoms with Gasteiger partial charge in [0.1, 0.15) is 5.82 Å². The minimum Gasteiger partial charge on any atom is -0.386 e. The van der Waals surface area contributed by atoms with Crippen LogP contribution in [0.15, 0.2) is 65.9 Å². The number of fused-ring (bicyclic) bond motifs is 1. The van der Waals surface area contributed by atoms with E-state index in [4.69, 9.17) is 0 Å². The fourth-order valence-electron chi connectivity index (χ4n) is 5.54. The Morgan fingerprint density at radius 3 is 2.77 bits per heavy atom. The summed E-state index contributed by atoms with van der Waals surface area (Å²) >= 11 is 0. The maximum Gasteiger partial charge on any atom is 0.256 e. The smallest absolute Gasteiger partial charge is 0.256 e. The van der Waals surface area contributed by atoms with Crippen LogP contribution in [0.1, 0.15) is 38.2 Å². The summed E-state index contributed by atoms with van der Waals surface area (Å²) in [5, 5.41) is 3.58. The summed E-state index contributed by atoms with van der Waals surface area (Å²) in [5.41, 5.74) is 3.55. The number of hydrogen-bond acceptors (Lipinski definition) is 3. The summed E-state index contributed by atoms with van der Waals surface area (Å²) in [5.74, 6) is -0.255. The van der Waals surface area contributed by atoms with Gasteiger partial charge in [0, 0.05) is 42.6 Å². The number of piperidine rings is 1. The second-order valence-electron chi connectivity index (χ2n) is 8.80. The summed E-state index contributed by atoms with van der Waals surface area (Å²) in [7, 11) is 0. The lowest BCUT2D eigenvalue weighted by atomic mass is 9.79. The number of nitrogens with one attached hydrogen (secondary N) is 1. The Morgan fingerprint density at radius 2 is 2.00 bits per heavy atom. The minimum atomic E-state index is -0.409. The summed E-state index contributed by atoms with van der Waals surface area (Å²) in [6, 6.07) is 17.3. The van der Waals surface area contributed by atoms with Gasteiger partial charge in [-0.1, -0.05) is 36.4 Å². The lowest BCUT2D eigenvalue weighted by Crippen LogP contribution is -2.59. The molecular weight excluding hydrogens is 377 g/mol. The molecule has 0 aliphatic carbocycles. The van der Waals surface area contributed by atoms with Crippen molar-refractivity contribution >= 4 is 11.6 Å². The Morgan fingerprint density at radius 1 is 1.17 bits per heavy atom. The third-order valence-corrected chi connectivity index (χ3v) is 6.93. The molecule has 3 aliphatic heterocycles. The molecule has 1 spiro atoms. The molecule has 2 aromatic rings. The van der Waals surface area contributed by atoms with E-state index in [2.05, 4.69) is 41.4 Å². The molecule has 1 amide bonds. The van der Waals surface area contributed by atoms with E-state index in [1.165, 1.54) is 17.7 Å². The van der Waals surface area contributed by atoms with Crippen LogP contribution >= 0.6 is 0 Å². The quantitative estimate of drug-likeness (QED) is 0.830. The number of carbonyl (C=O) groups is 1. The average Bonchev–Trinajstić information content (AvgIpc) is 2.99. The number of anilines is 1. The zero-order valence-corrected chi connectivity index (χ0v) is 17.4. The molecular formula is C25H28FN3O. The zero-order chi connectivity index (χ0) is 20.7. The van der Waals surface area contributed by atoms with Crippen LogP contribution in [0.25, 0.3) is 0 Å². The summed E-state index contributed by atoms with van der Waals surface area (Å²) in [6.07, 6.45) is 3.45. The van der Waals surface area contributed by atoms with Gasteiger partial charge in [-0.3, -0.25) is 14.6 Å². The molecule has 4 nitrogen and oxygen atoms in total. The van der Waals surface area contributed by atoms with Crippen molar-refractivity contribution in [3.8, 4) is 0 Å². The first-order chi connectivity index (χ1) is 14.6. The number of likely N-dealkylation sites (tertiary alicyclic amines) is 1. The topological polar surface area (TPSA) is 35.6 Å². The van der Waals surface area contributed by atoms with E-state index in [1.807, 2.05) is 17.0 Å². The van der Waals surface area contributed by atoms with Crippen LogP contribution in [-0.2, 0) is 11.3 Å². The fourth-order valence-corrected chi connectivity index (χ4v) is 5.54. The number of nitrogens with zero attached hydrogens (tertiary/aromatic N) is 2. The molecule has 2 aromatic carbocycles. The summed E-state index contributed by atoms with van der Waals surface area (Å²) in [4.78, 5) is 17.9. The van der Waals surface area contributed by atoms with E-state index in [9.17, 15) is 9.18 Å². The largest absolute Gasteiger partial charge is 0.386 e. The molecule has 156 valence electrons. The molecule has 2 unspecified atom stereocenters. The fraction of sp³-hybridized carbons (Fsp3) is 0.400. The monoisotopic (exact) mass is 405 g/mol. The van der Waals surface area contributed by atoms with Crippen molar-refractivity contribution in [2.75, 3.05) is 18.0 Å². The average molecular weight is 406 g/mol. The number of carbonyl (C=O) groups excluding carboxylic acids is 1. The molecule has 0 aromatic heterocycles. The predicted molar refractivity (Wildman–Crippen MR) is 116 cm³/mol. The van der Waals surface area contributed by atoms with Crippen LogP contribution in [0, 0.1) is 5.82 Å². The molecule has 2 atom stereocenters. The molecule has 5 heteroatoms. The number of hydrogen-bond donors (Lipinski definition) is 1. The van der Waals surface area contributed by atoms with Crippen molar-refractivity contribution < 1.29 is 9.18 Å². The van der Waals surface area contributed by atoms with Gasteiger partial charge in [-0.05, 0) is 56.4 Å². The molecule has 1 N–H and O–H groups in total. The molecule has 5 rings (SSSR count). The van der Waals surface area contributed by atoms with Crippen molar-refractivity contribution in [3.05, 3.63) is 77.2 Å². The van der Waals surface area contributed by atoms with Gasteiger partial charge in [0.15, 0.2) is 0 Å². The Hall–Kier alpha value is -2.66. The molecule has 1 saturated heterocycles. The third kappa shape index (κ3) is 3.12. The van der Waals surface area contributed by atoms with E-state index in [0.717, 1.165) is 56.6 Å². The molecule has 0 bridgehead atoms. The minimum absolute atomic E-state index is 0.0477. The highest BCUT2D eigenvalue weighted by molar-refractivity contribution is 6.11. The Bertz CT molecular complexity index is 989. The van der Waals surface area contributed by atoms with Gasteiger partial charge in [0.2, 0.25) is 0 Å². The van der Waals surface area contributed by atoms with Crippen molar-refractivity contribution in [2.45, 2.75) is 50.7 Å². The number of halogens is 1. The highest BCUT2D eigenvalue weighted by Gasteiger charge is 2.55. The predicted octanol–water partition coefficient (Wildman–Crippen LogP) is 4.23. The molecule has 0 saturated carbocycles. The molecule has 3 heterocycles. The molecule has 0 radical (unpaired) electrons. The maximum absolute atomic E-state index is 14.1. The number of rotatable bonds is 3. The lowest BCUT2D eigenvalue weighted by Gasteiger charge is -2.49. The Labute approximate surface area is 177 Å². The normalized spacial score (nSPS) is 26.8. The van der Waals surface area contributed by atoms with Crippen LogP contribution in [-0.4, -0.2) is 35.5 Å². The number of benzene rings is 2. The second-order valence-corrected chi connectivity index (χ2v) is 8.80. The van der Waals surface area contributed by atoms with Gasteiger partial charge in [0.05, 0.1) is 5.54 Å². The summed E-state index contributed by atoms with van der Waals surface area (Å²) < 4.78 is 14.1. The first-order valence-corrected chi connectivity index (χ1v) is 10.9. The van der Waals surface area contributed by atoms with Crippen LogP contribution in [0.4, 0.5) is 10.1 Å². The highest BCUT2D eigenvalue weighted by atomic mass is 19.1. The van der Waals surface area contributed by atoms with E-state index in [1.54, 1.807) is 6.07 Å². The molecule has 1 fully saturated rings. The van der Waals surface area contributed by atoms with Crippen LogP contribution in [0.5, 0.6) is 0 Å². The van der Waals surface area contributed by atoms with Gasteiger partial charge >= 0.3 is 0 Å². The van der Waals surface area contributed by atoms with E-state index in [0.29, 0.717) is 11.7 Å². The summed E-state index contributed by atoms with van der Waals surface area (Å²) in [6.45, 7) is 4.95. The van der Waals surface area contributed by atoms with Crippen molar-refractivity contribution in [1.82, 2.24) is 10.2 Å². The van der Waals surface area contributed by atoms with Gasteiger partial charge in [-0.25, -0.2) is 4.39 Å². The van der Waals surface area contributed by atoms with E-state index in [-0.39, 0.29) is 11.7 Å². The van der Waals surface area contributed by atoms with E-state index >= 15 is 0 Å². The van der Waals surface area contributed by atoms with Crippen molar-refractivity contribution in [1.29, 1.82) is 0 Å². The van der Waals surface area contributed by atoms with E-state index < -0.39 is 5.54 Å². The van der Waals surface area contributed by atoms with Gasteiger partial charge < -0.3 is 5.32 Å². The lowest BCUT2D eigenvalue weighted by molar-refractivity contribution is -0.115. The van der Waals surface area contributed by atoms with Crippen LogP contribution in [0.3, 0.4) is 0 Å². The first kappa shape index (κ1) is 19.3. The molecule has 30 heavy (non-hydrogen) atoms.